The number of nitrogens with one attached hydrogen (secondary N) is 1. The second-order valence-electron chi connectivity index (χ2n) is 5.60. The van der Waals surface area contributed by atoms with Crippen LogP contribution in [0.3, 0.4) is 0 Å². The van der Waals surface area contributed by atoms with Crippen molar-refractivity contribution in [2.75, 3.05) is 6.61 Å². The van der Waals surface area contributed by atoms with Gasteiger partial charge < -0.3 is 10.5 Å². The highest BCUT2D eigenvalue weighted by Crippen LogP contribution is 2.26. The van der Waals surface area contributed by atoms with Crippen molar-refractivity contribution in [3.05, 3.63) is 22.9 Å². The molecule has 0 spiro atoms. The fourth-order valence-electron chi connectivity index (χ4n) is 2.42. The summed E-state index contributed by atoms with van der Waals surface area (Å²) < 4.78 is 5.74. The zero-order valence-electron chi connectivity index (χ0n) is 11.8. The van der Waals surface area contributed by atoms with Crippen LogP contribution in [0.15, 0.2) is 6.07 Å². The van der Waals surface area contributed by atoms with E-state index in [1.165, 1.54) is 5.56 Å². The summed E-state index contributed by atoms with van der Waals surface area (Å²) in [5.74, 6) is 1.27. The summed E-state index contributed by atoms with van der Waals surface area (Å²) >= 11 is 0. The lowest BCUT2D eigenvalue weighted by molar-refractivity contribution is 0.286. The van der Waals surface area contributed by atoms with Crippen LogP contribution in [0.5, 0.6) is 5.88 Å². The smallest absolute Gasteiger partial charge is 0.224 e. The van der Waals surface area contributed by atoms with Crippen molar-refractivity contribution in [3.8, 4) is 5.88 Å². The van der Waals surface area contributed by atoms with Crippen LogP contribution in [0.2, 0.25) is 0 Å². The van der Waals surface area contributed by atoms with Gasteiger partial charge in [0.1, 0.15) is 5.84 Å². The zero-order valence-corrected chi connectivity index (χ0v) is 11.8. The molecule has 1 aliphatic carbocycles. The van der Waals surface area contributed by atoms with Crippen molar-refractivity contribution in [3.63, 3.8) is 0 Å². The van der Waals surface area contributed by atoms with Crippen molar-refractivity contribution in [2.45, 2.75) is 46.0 Å². The number of aryl methyl sites for hydroxylation is 2. The molecule has 0 aromatic carbocycles. The Labute approximate surface area is 114 Å². The lowest BCUT2D eigenvalue weighted by atomic mass is 10.1. The van der Waals surface area contributed by atoms with Gasteiger partial charge >= 0.3 is 0 Å². The fraction of sp³-hybridized carbons (Fsp3) is 0.600. The molecular weight excluding hydrogens is 238 g/mol. The van der Waals surface area contributed by atoms with Crippen molar-refractivity contribution >= 4 is 5.84 Å². The average molecular weight is 261 g/mol. The minimum absolute atomic E-state index is 0.0426. The van der Waals surface area contributed by atoms with Crippen LogP contribution < -0.4 is 10.5 Å². The van der Waals surface area contributed by atoms with Crippen LogP contribution in [0, 0.1) is 11.3 Å². The normalized spacial score (nSPS) is 13.6. The van der Waals surface area contributed by atoms with Gasteiger partial charge in [-0.15, -0.1) is 0 Å². The van der Waals surface area contributed by atoms with Gasteiger partial charge in [-0.25, -0.2) is 4.98 Å². The molecule has 1 heterocycles. The van der Waals surface area contributed by atoms with Crippen LogP contribution in [0.4, 0.5) is 0 Å². The first kappa shape index (κ1) is 13.8. The molecule has 1 aliphatic rings. The van der Waals surface area contributed by atoms with Gasteiger partial charge in [0.2, 0.25) is 5.88 Å². The van der Waals surface area contributed by atoms with Gasteiger partial charge in [0.05, 0.1) is 12.2 Å². The molecule has 4 heteroatoms. The Bertz CT molecular complexity index is 469. The first-order valence-electron chi connectivity index (χ1n) is 7.08. The highest BCUT2D eigenvalue weighted by Gasteiger charge is 2.18. The maximum atomic E-state index is 7.65. The van der Waals surface area contributed by atoms with Gasteiger partial charge in [0.25, 0.3) is 0 Å². The number of aromatic nitrogens is 1. The Morgan fingerprint density at radius 1 is 1.47 bits per heavy atom. The maximum Gasteiger partial charge on any atom is 0.224 e. The number of nitrogens with zero attached hydrogens (tertiary/aromatic N) is 1. The van der Waals surface area contributed by atoms with Gasteiger partial charge in [-0.05, 0) is 49.7 Å². The Morgan fingerprint density at radius 3 is 2.95 bits per heavy atom. The molecule has 0 radical (unpaired) electrons. The van der Waals surface area contributed by atoms with Crippen LogP contribution in [-0.2, 0) is 12.8 Å². The fourth-order valence-corrected chi connectivity index (χ4v) is 2.42. The van der Waals surface area contributed by atoms with E-state index in [2.05, 4.69) is 18.8 Å². The number of hydrogen-bond donors (Lipinski definition) is 2. The van der Waals surface area contributed by atoms with E-state index in [1.54, 1.807) is 0 Å². The number of ether oxygens (including phenoxy) is 1. The molecule has 0 saturated carbocycles. The molecule has 0 unspecified atom stereocenters. The molecule has 0 atom stereocenters. The van der Waals surface area contributed by atoms with Gasteiger partial charge in [-0.1, -0.05) is 13.8 Å². The van der Waals surface area contributed by atoms with Crippen LogP contribution in [0.25, 0.3) is 0 Å². The number of nitrogens with two attached hydrogens (primary N) is 1. The predicted octanol–water partition coefficient (Wildman–Crippen LogP) is 2.67. The Balaban J connectivity index is 2.08. The summed E-state index contributed by atoms with van der Waals surface area (Å²) in [7, 11) is 0. The third kappa shape index (κ3) is 3.46. The topological polar surface area (TPSA) is 72.0 Å². The maximum absolute atomic E-state index is 7.65. The minimum atomic E-state index is 0.0426. The molecular formula is C15H23N3O. The van der Waals surface area contributed by atoms with Crippen LogP contribution in [-0.4, -0.2) is 17.4 Å². The molecule has 4 nitrogen and oxygen atoms in total. The van der Waals surface area contributed by atoms with Crippen LogP contribution >= 0.6 is 0 Å². The van der Waals surface area contributed by atoms with Gasteiger partial charge in [0, 0.05) is 5.69 Å². The minimum Gasteiger partial charge on any atom is -0.477 e. The molecule has 0 fully saturated rings. The summed E-state index contributed by atoms with van der Waals surface area (Å²) in [6.45, 7) is 5.05. The second-order valence-corrected chi connectivity index (χ2v) is 5.60. The summed E-state index contributed by atoms with van der Waals surface area (Å²) in [6, 6.07) is 1.98. The highest BCUT2D eigenvalue weighted by atomic mass is 16.5. The Hall–Kier alpha value is -1.58. The van der Waals surface area contributed by atoms with Gasteiger partial charge in [-0.2, -0.15) is 0 Å². The molecule has 0 saturated heterocycles. The number of rotatable bonds is 6. The number of nitrogen functional groups attached to an aromatic ring is 1. The average Bonchev–Trinajstić information content (AvgIpc) is 2.80. The largest absolute Gasteiger partial charge is 0.477 e. The summed E-state index contributed by atoms with van der Waals surface area (Å²) in [6.07, 6.45) is 5.33. The SMILES string of the molecule is CC(C)CCCOc1nc2c(cc1C(=N)N)CCC2. The number of hydrogen-bond acceptors (Lipinski definition) is 3. The zero-order chi connectivity index (χ0) is 13.8. The highest BCUT2D eigenvalue weighted by molar-refractivity contribution is 5.97. The number of fused-ring (bicyclic) bond motifs is 1. The lowest BCUT2D eigenvalue weighted by Gasteiger charge is -2.12. The van der Waals surface area contributed by atoms with Crippen molar-refractivity contribution in [2.24, 2.45) is 11.7 Å². The monoisotopic (exact) mass is 261 g/mol. The third-order valence-corrected chi connectivity index (χ3v) is 3.47. The molecule has 19 heavy (non-hydrogen) atoms. The predicted molar refractivity (Wildman–Crippen MR) is 76.8 cm³/mol. The first-order chi connectivity index (χ1) is 9.08. The second kappa shape index (κ2) is 6.04. The first-order valence-corrected chi connectivity index (χ1v) is 7.08. The van der Waals surface area contributed by atoms with Crippen molar-refractivity contribution in [1.29, 1.82) is 5.41 Å². The van der Waals surface area contributed by atoms with E-state index in [0.717, 1.165) is 37.8 Å². The van der Waals surface area contributed by atoms with E-state index in [-0.39, 0.29) is 5.84 Å². The molecule has 0 bridgehead atoms. The lowest BCUT2D eigenvalue weighted by Crippen LogP contribution is -2.15. The van der Waals surface area contributed by atoms with Crippen molar-refractivity contribution < 1.29 is 4.74 Å². The van der Waals surface area contributed by atoms with Crippen LogP contribution in [0.1, 0.15) is 49.9 Å². The van der Waals surface area contributed by atoms with E-state index < -0.39 is 0 Å². The van der Waals surface area contributed by atoms with Crippen molar-refractivity contribution in [1.82, 2.24) is 4.98 Å². The third-order valence-electron chi connectivity index (χ3n) is 3.47. The number of pyridine rings is 1. The summed E-state index contributed by atoms with van der Waals surface area (Å²) in [5.41, 5.74) is 8.60. The summed E-state index contributed by atoms with van der Waals surface area (Å²) in [5, 5.41) is 7.65. The molecule has 2 rings (SSSR count). The summed E-state index contributed by atoms with van der Waals surface area (Å²) in [4.78, 5) is 4.55. The molecule has 1 aromatic heterocycles. The molecule has 0 aliphatic heterocycles. The van der Waals surface area contributed by atoms with E-state index in [4.69, 9.17) is 15.9 Å². The standard InChI is InChI=1S/C15H23N3O/c1-10(2)5-4-8-19-15-12(14(16)17)9-11-6-3-7-13(11)18-15/h9-10H,3-8H2,1-2H3,(H3,16,17). The molecule has 3 N–H and O–H groups in total. The quantitative estimate of drug-likeness (QED) is 0.470. The molecule has 1 aromatic rings. The van der Waals surface area contributed by atoms with E-state index >= 15 is 0 Å². The molecule has 104 valence electrons. The molecule has 0 amide bonds. The Morgan fingerprint density at radius 2 is 2.26 bits per heavy atom. The van der Waals surface area contributed by atoms with Gasteiger partial charge in [-0.3, -0.25) is 5.41 Å². The Kier molecular flexibility index (Phi) is 4.40. The van der Waals surface area contributed by atoms with E-state index in [1.807, 2.05) is 6.07 Å². The van der Waals surface area contributed by atoms with Gasteiger partial charge in [0.15, 0.2) is 0 Å². The van der Waals surface area contributed by atoms with E-state index in [9.17, 15) is 0 Å². The number of amidine groups is 1. The van der Waals surface area contributed by atoms with E-state index in [0.29, 0.717) is 24.0 Å².